The molecule has 0 spiro atoms. The van der Waals surface area contributed by atoms with Crippen molar-refractivity contribution in [2.75, 3.05) is 5.32 Å². The maximum Gasteiger partial charge on any atom is 0.329 e. The van der Waals surface area contributed by atoms with Crippen LogP contribution in [0, 0.1) is 6.92 Å². The average Bonchev–Trinajstić information content (AvgIpc) is 2.85. The second-order valence-electron chi connectivity index (χ2n) is 7.62. The van der Waals surface area contributed by atoms with Crippen molar-refractivity contribution < 1.29 is 14.3 Å². The molecule has 0 saturated heterocycles. The largest absolute Gasteiger partial charge is 0.489 e. The molecule has 0 radical (unpaired) electrons. The third kappa shape index (κ3) is 5.79. The lowest BCUT2D eigenvalue weighted by Gasteiger charge is -2.09. The van der Waals surface area contributed by atoms with Gasteiger partial charge in [-0.3, -0.25) is 9.59 Å². The molecule has 4 aromatic carbocycles. The van der Waals surface area contributed by atoms with E-state index < -0.39 is 11.8 Å². The van der Waals surface area contributed by atoms with E-state index in [2.05, 4.69) is 34.0 Å². The van der Waals surface area contributed by atoms with E-state index in [4.69, 9.17) is 16.3 Å². The number of benzene rings is 4. The molecule has 0 aliphatic carbocycles. The molecule has 0 aliphatic rings. The van der Waals surface area contributed by atoms with Gasteiger partial charge in [-0.05, 0) is 58.7 Å². The van der Waals surface area contributed by atoms with Gasteiger partial charge in [0.2, 0.25) is 0 Å². The van der Waals surface area contributed by atoms with Gasteiger partial charge < -0.3 is 10.1 Å². The van der Waals surface area contributed by atoms with Crippen LogP contribution in [-0.4, -0.2) is 18.0 Å². The molecular weight excluding hydrogens is 450 g/mol. The SMILES string of the molecule is Cc1ccc(NC(=O)C(=O)NN=Cc2cccc(OCc3cccc4ccccc34)c2)cc1Cl. The van der Waals surface area contributed by atoms with E-state index in [0.717, 1.165) is 21.9 Å². The molecule has 4 aromatic rings. The zero-order chi connectivity index (χ0) is 23.9. The summed E-state index contributed by atoms with van der Waals surface area (Å²) < 4.78 is 5.97. The fourth-order valence-corrected chi connectivity index (χ4v) is 3.52. The lowest BCUT2D eigenvalue weighted by Crippen LogP contribution is -2.32. The van der Waals surface area contributed by atoms with Crippen LogP contribution in [-0.2, 0) is 16.2 Å². The smallest absolute Gasteiger partial charge is 0.329 e. The summed E-state index contributed by atoms with van der Waals surface area (Å²) in [7, 11) is 0. The Bertz CT molecular complexity index is 1380. The van der Waals surface area contributed by atoms with Crippen molar-refractivity contribution in [3.63, 3.8) is 0 Å². The molecule has 0 aliphatic heterocycles. The second kappa shape index (κ2) is 10.6. The molecular formula is C27H22ClN3O3. The lowest BCUT2D eigenvalue weighted by molar-refractivity contribution is -0.136. The number of anilines is 1. The zero-order valence-corrected chi connectivity index (χ0v) is 19.2. The first-order valence-electron chi connectivity index (χ1n) is 10.6. The van der Waals surface area contributed by atoms with Gasteiger partial charge in [-0.2, -0.15) is 5.10 Å². The number of nitrogens with one attached hydrogen (secondary N) is 2. The molecule has 34 heavy (non-hydrogen) atoms. The molecule has 2 N–H and O–H groups in total. The molecule has 0 fully saturated rings. The van der Waals surface area contributed by atoms with E-state index in [-0.39, 0.29) is 0 Å². The van der Waals surface area contributed by atoms with Gasteiger partial charge in [0.1, 0.15) is 12.4 Å². The van der Waals surface area contributed by atoms with Crippen molar-refractivity contribution in [2.45, 2.75) is 13.5 Å². The molecule has 0 unspecified atom stereocenters. The summed E-state index contributed by atoms with van der Waals surface area (Å²) in [6.07, 6.45) is 1.44. The summed E-state index contributed by atoms with van der Waals surface area (Å²) in [5.74, 6) is -1.07. The number of hydrogen-bond acceptors (Lipinski definition) is 4. The fraction of sp³-hybridized carbons (Fsp3) is 0.0741. The summed E-state index contributed by atoms with van der Waals surface area (Å²) in [6, 6.07) is 26.6. The van der Waals surface area contributed by atoms with Crippen molar-refractivity contribution in [1.29, 1.82) is 0 Å². The third-order valence-corrected chi connectivity index (χ3v) is 5.56. The third-order valence-electron chi connectivity index (χ3n) is 5.15. The first kappa shape index (κ1) is 23.0. The first-order valence-corrected chi connectivity index (χ1v) is 11.0. The highest BCUT2D eigenvalue weighted by atomic mass is 35.5. The molecule has 170 valence electrons. The normalized spacial score (nSPS) is 10.9. The van der Waals surface area contributed by atoms with E-state index in [0.29, 0.717) is 28.6 Å². The Balaban J connectivity index is 1.33. The molecule has 0 saturated carbocycles. The van der Waals surface area contributed by atoms with E-state index in [1.807, 2.05) is 49.4 Å². The van der Waals surface area contributed by atoms with Gasteiger partial charge in [-0.1, -0.05) is 72.3 Å². The second-order valence-corrected chi connectivity index (χ2v) is 8.02. The molecule has 0 atom stereocenters. The van der Waals surface area contributed by atoms with Crippen LogP contribution in [0.5, 0.6) is 5.75 Å². The summed E-state index contributed by atoms with van der Waals surface area (Å²) in [5.41, 5.74) is 5.32. The number of fused-ring (bicyclic) bond motifs is 1. The summed E-state index contributed by atoms with van der Waals surface area (Å²) in [6.45, 7) is 2.26. The lowest BCUT2D eigenvalue weighted by atomic mass is 10.1. The van der Waals surface area contributed by atoms with Crippen molar-refractivity contribution in [2.24, 2.45) is 5.10 Å². The van der Waals surface area contributed by atoms with Crippen LogP contribution in [0.25, 0.3) is 10.8 Å². The van der Waals surface area contributed by atoms with Gasteiger partial charge in [0, 0.05) is 10.7 Å². The fourth-order valence-electron chi connectivity index (χ4n) is 3.34. The van der Waals surface area contributed by atoms with Crippen molar-refractivity contribution >= 4 is 46.1 Å². The number of rotatable bonds is 6. The van der Waals surface area contributed by atoms with Gasteiger partial charge >= 0.3 is 11.8 Å². The zero-order valence-electron chi connectivity index (χ0n) is 18.4. The Morgan fingerprint density at radius 1 is 0.941 bits per heavy atom. The summed E-state index contributed by atoms with van der Waals surface area (Å²) in [5, 5.41) is 9.16. The Kier molecular flexibility index (Phi) is 7.20. The summed E-state index contributed by atoms with van der Waals surface area (Å²) in [4.78, 5) is 24.1. The highest BCUT2D eigenvalue weighted by Gasteiger charge is 2.13. The Morgan fingerprint density at radius 2 is 1.74 bits per heavy atom. The highest BCUT2D eigenvalue weighted by Crippen LogP contribution is 2.21. The molecule has 0 bridgehead atoms. The maximum absolute atomic E-state index is 12.1. The van der Waals surface area contributed by atoms with Crippen LogP contribution in [0.2, 0.25) is 5.02 Å². The van der Waals surface area contributed by atoms with Crippen LogP contribution in [0.4, 0.5) is 5.69 Å². The minimum atomic E-state index is -0.892. The molecule has 4 rings (SSSR count). The number of nitrogens with zero attached hydrogens (tertiary/aromatic N) is 1. The van der Waals surface area contributed by atoms with Gasteiger partial charge in [0.25, 0.3) is 0 Å². The number of aryl methyl sites for hydroxylation is 1. The predicted molar refractivity (Wildman–Crippen MR) is 135 cm³/mol. The van der Waals surface area contributed by atoms with Crippen molar-refractivity contribution in [3.05, 3.63) is 107 Å². The number of hydrazone groups is 1. The van der Waals surface area contributed by atoms with Gasteiger partial charge in [0.05, 0.1) is 6.21 Å². The van der Waals surface area contributed by atoms with E-state index in [1.54, 1.807) is 24.3 Å². The van der Waals surface area contributed by atoms with Crippen LogP contribution in [0.15, 0.2) is 90.0 Å². The quantitative estimate of drug-likeness (QED) is 0.222. The molecule has 0 aromatic heterocycles. The standard InChI is InChI=1S/C27H22ClN3O3/c1-18-12-13-22(15-25(18)28)30-26(32)27(33)31-29-16-19-6-4-10-23(14-19)34-17-21-9-5-8-20-7-2-3-11-24(20)21/h2-16H,17H2,1H3,(H,30,32)(H,31,33). The first-order chi connectivity index (χ1) is 16.5. The van der Waals surface area contributed by atoms with Crippen LogP contribution in [0.3, 0.4) is 0 Å². The van der Waals surface area contributed by atoms with Gasteiger partial charge in [0.15, 0.2) is 0 Å². The topological polar surface area (TPSA) is 79.8 Å². The number of ether oxygens (including phenoxy) is 1. The van der Waals surface area contributed by atoms with Crippen molar-refractivity contribution in [3.8, 4) is 5.75 Å². The minimum Gasteiger partial charge on any atom is -0.489 e. The van der Waals surface area contributed by atoms with E-state index >= 15 is 0 Å². The highest BCUT2D eigenvalue weighted by molar-refractivity contribution is 6.39. The minimum absolute atomic E-state index is 0.419. The number of carbonyl (C=O) groups excluding carboxylic acids is 2. The van der Waals surface area contributed by atoms with E-state index in [9.17, 15) is 9.59 Å². The number of hydrogen-bond donors (Lipinski definition) is 2. The maximum atomic E-state index is 12.1. The van der Waals surface area contributed by atoms with Gasteiger partial charge in [-0.15, -0.1) is 0 Å². The average molecular weight is 472 g/mol. The number of amides is 2. The Labute approximate surface area is 202 Å². The van der Waals surface area contributed by atoms with E-state index in [1.165, 1.54) is 6.21 Å². The Morgan fingerprint density at radius 3 is 2.59 bits per heavy atom. The van der Waals surface area contributed by atoms with Gasteiger partial charge in [-0.25, -0.2) is 5.43 Å². The molecule has 0 heterocycles. The van der Waals surface area contributed by atoms with Crippen LogP contribution >= 0.6 is 11.6 Å². The van der Waals surface area contributed by atoms with Crippen LogP contribution < -0.4 is 15.5 Å². The van der Waals surface area contributed by atoms with Crippen LogP contribution in [0.1, 0.15) is 16.7 Å². The monoisotopic (exact) mass is 471 g/mol. The molecule has 6 nitrogen and oxygen atoms in total. The Hall–Kier alpha value is -4.16. The number of halogens is 1. The number of carbonyl (C=O) groups is 2. The summed E-state index contributed by atoms with van der Waals surface area (Å²) >= 11 is 6.04. The molecule has 2 amide bonds. The van der Waals surface area contributed by atoms with Crippen molar-refractivity contribution in [1.82, 2.24) is 5.43 Å². The molecule has 7 heteroatoms. The predicted octanol–water partition coefficient (Wildman–Crippen LogP) is 5.47.